The summed E-state index contributed by atoms with van der Waals surface area (Å²) in [5.74, 6) is 0. The molecule has 0 saturated carbocycles. The molecular formula is C10H17NOS2. The fourth-order valence-corrected chi connectivity index (χ4v) is 2.18. The van der Waals surface area contributed by atoms with Gasteiger partial charge in [0, 0.05) is 34.9 Å². The Morgan fingerprint density at radius 1 is 1.57 bits per heavy atom. The highest BCUT2D eigenvalue weighted by atomic mass is 32.2. The summed E-state index contributed by atoms with van der Waals surface area (Å²) < 4.78 is 11.1. The minimum Gasteiger partial charge on any atom is -0.309 e. The van der Waals surface area contributed by atoms with Gasteiger partial charge in [0.05, 0.1) is 0 Å². The van der Waals surface area contributed by atoms with Crippen LogP contribution in [0, 0.1) is 0 Å². The smallest absolute Gasteiger partial charge is 0.0441 e. The maximum atomic E-state index is 11.1. The number of nitrogens with one attached hydrogen (secondary N) is 1. The van der Waals surface area contributed by atoms with Crippen molar-refractivity contribution < 1.29 is 4.21 Å². The van der Waals surface area contributed by atoms with E-state index in [2.05, 4.69) is 29.1 Å². The molecule has 2 nitrogen and oxygen atoms in total. The Kier molecular flexibility index (Phi) is 4.78. The van der Waals surface area contributed by atoms with Gasteiger partial charge in [-0.25, -0.2) is 0 Å². The van der Waals surface area contributed by atoms with Gasteiger partial charge in [0.25, 0.3) is 0 Å². The van der Waals surface area contributed by atoms with Gasteiger partial charge in [0.15, 0.2) is 0 Å². The lowest BCUT2D eigenvalue weighted by Crippen LogP contribution is -2.29. The summed E-state index contributed by atoms with van der Waals surface area (Å²) in [6.45, 7) is 4.94. The molecule has 0 saturated heterocycles. The van der Waals surface area contributed by atoms with Gasteiger partial charge in [-0.05, 0) is 36.2 Å². The van der Waals surface area contributed by atoms with E-state index in [1.54, 1.807) is 17.6 Å². The van der Waals surface area contributed by atoms with Crippen molar-refractivity contribution in [2.24, 2.45) is 0 Å². The first kappa shape index (κ1) is 11.9. The van der Waals surface area contributed by atoms with Crippen LogP contribution in [0.4, 0.5) is 0 Å². The number of hydrogen-bond acceptors (Lipinski definition) is 3. The van der Waals surface area contributed by atoms with Crippen LogP contribution < -0.4 is 5.32 Å². The predicted molar refractivity (Wildman–Crippen MR) is 64.3 cm³/mol. The summed E-state index contributed by atoms with van der Waals surface area (Å²) in [5, 5.41) is 7.82. The zero-order valence-electron chi connectivity index (χ0n) is 8.82. The van der Waals surface area contributed by atoms with Crippen molar-refractivity contribution in [3.63, 3.8) is 0 Å². The van der Waals surface area contributed by atoms with Crippen molar-refractivity contribution in [2.75, 3.05) is 12.8 Å². The van der Waals surface area contributed by atoms with Crippen LogP contribution in [0.2, 0.25) is 0 Å². The van der Waals surface area contributed by atoms with E-state index >= 15 is 0 Å². The van der Waals surface area contributed by atoms with Gasteiger partial charge in [-0.1, -0.05) is 0 Å². The lowest BCUT2D eigenvalue weighted by molar-refractivity contribution is 0.570. The highest BCUT2D eigenvalue weighted by Gasteiger charge is 2.09. The SMILES string of the molecule is C[C@H](NC[C@H](C)[S@](C)=O)c1ccsc1. The molecule has 80 valence electrons. The molecule has 14 heavy (non-hydrogen) atoms. The molecule has 0 aliphatic heterocycles. The third-order valence-electron chi connectivity index (χ3n) is 2.32. The van der Waals surface area contributed by atoms with E-state index < -0.39 is 10.8 Å². The van der Waals surface area contributed by atoms with Crippen LogP contribution in [0.3, 0.4) is 0 Å². The second-order valence-corrected chi connectivity index (χ2v) is 6.08. The minimum absolute atomic E-state index is 0.219. The van der Waals surface area contributed by atoms with Crippen LogP contribution in [0.15, 0.2) is 16.8 Å². The summed E-state index contributed by atoms with van der Waals surface area (Å²) in [4.78, 5) is 0. The van der Waals surface area contributed by atoms with E-state index in [0.29, 0.717) is 6.04 Å². The van der Waals surface area contributed by atoms with Gasteiger partial charge >= 0.3 is 0 Å². The molecule has 0 aromatic carbocycles. The minimum atomic E-state index is -0.733. The van der Waals surface area contributed by atoms with Gasteiger partial charge in [0.1, 0.15) is 0 Å². The molecule has 0 aliphatic carbocycles. The van der Waals surface area contributed by atoms with E-state index in [1.165, 1.54) is 5.56 Å². The monoisotopic (exact) mass is 231 g/mol. The van der Waals surface area contributed by atoms with Crippen LogP contribution in [0.5, 0.6) is 0 Å². The average molecular weight is 231 g/mol. The lowest BCUT2D eigenvalue weighted by Gasteiger charge is -2.15. The molecule has 3 atom stereocenters. The van der Waals surface area contributed by atoms with Gasteiger partial charge < -0.3 is 5.32 Å². The molecule has 4 heteroatoms. The number of thiophene rings is 1. The third kappa shape index (κ3) is 3.52. The summed E-state index contributed by atoms with van der Waals surface area (Å²) in [6, 6.07) is 2.47. The van der Waals surface area contributed by atoms with Crippen molar-refractivity contribution in [3.8, 4) is 0 Å². The predicted octanol–water partition coefficient (Wildman–Crippen LogP) is 2.17. The second-order valence-electron chi connectivity index (χ2n) is 3.50. The topological polar surface area (TPSA) is 29.1 Å². The quantitative estimate of drug-likeness (QED) is 0.841. The van der Waals surface area contributed by atoms with E-state index in [0.717, 1.165) is 6.54 Å². The number of hydrogen-bond donors (Lipinski definition) is 1. The Balaban J connectivity index is 2.35. The molecule has 1 aromatic rings. The Morgan fingerprint density at radius 2 is 2.29 bits per heavy atom. The zero-order chi connectivity index (χ0) is 10.6. The standard InChI is InChI=1S/C10H17NOS2/c1-8(14(3)12)6-11-9(2)10-4-5-13-7-10/h4-5,7-9,11H,6H2,1-3H3/t8-,9-,14-/m0/s1. The van der Waals surface area contributed by atoms with Crippen LogP contribution in [0.25, 0.3) is 0 Å². The maximum Gasteiger partial charge on any atom is 0.0441 e. The van der Waals surface area contributed by atoms with Crippen molar-refractivity contribution in [1.82, 2.24) is 5.32 Å². The van der Waals surface area contributed by atoms with E-state index in [4.69, 9.17) is 0 Å². The van der Waals surface area contributed by atoms with E-state index in [-0.39, 0.29) is 5.25 Å². The number of rotatable bonds is 5. The lowest BCUT2D eigenvalue weighted by atomic mass is 10.2. The summed E-state index contributed by atoms with van der Waals surface area (Å²) in [5.41, 5.74) is 1.31. The third-order valence-corrected chi connectivity index (χ3v) is 4.32. The van der Waals surface area contributed by atoms with Crippen molar-refractivity contribution >= 4 is 22.1 Å². The normalized spacial score (nSPS) is 17.6. The summed E-state index contributed by atoms with van der Waals surface area (Å²) in [6.07, 6.45) is 1.75. The van der Waals surface area contributed by atoms with Crippen LogP contribution in [0.1, 0.15) is 25.5 Å². The Bertz CT molecular complexity index is 284. The van der Waals surface area contributed by atoms with Crippen molar-refractivity contribution in [1.29, 1.82) is 0 Å². The van der Waals surface area contributed by atoms with Gasteiger partial charge in [-0.15, -0.1) is 0 Å². The highest BCUT2D eigenvalue weighted by Crippen LogP contribution is 2.15. The molecule has 0 radical (unpaired) electrons. The Morgan fingerprint density at radius 3 is 2.79 bits per heavy atom. The molecule has 0 bridgehead atoms. The molecule has 0 fully saturated rings. The molecule has 1 heterocycles. The average Bonchev–Trinajstić information content (AvgIpc) is 2.66. The van der Waals surface area contributed by atoms with Crippen LogP contribution in [-0.4, -0.2) is 22.3 Å². The molecule has 0 spiro atoms. The molecule has 1 N–H and O–H groups in total. The highest BCUT2D eigenvalue weighted by molar-refractivity contribution is 7.84. The Hall–Kier alpha value is -0.190. The Labute approximate surface area is 92.2 Å². The van der Waals surface area contributed by atoms with Gasteiger partial charge in [-0.3, -0.25) is 4.21 Å². The van der Waals surface area contributed by atoms with Crippen LogP contribution in [-0.2, 0) is 10.8 Å². The second kappa shape index (κ2) is 5.63. The summed E-state index contributed by atoms with van der Waals surface area (Å²) >= 11 is 1.71. The largest absolute Gasteiger partial charge is 0.309 e. The molecule has 1 aromatic heterocycles. The molecule has 1 rings (SSSR count). The maximum absolute atomic E-state index is 11.1. The van der Waals surface area contributed by atoms with Gasteiger partial charge in [0.2, 0.25) is 0 Å². The molecular weight excluding hydrogens is 214 g/mol. The molecule has 0 aliphatic rings. The van der Waals surface area contributed by atoms with Crippen LogP contribution >= 0.6 is 11.3 Å². The first-order valence-electron chi connectivity index (χ1n) is 4.69. The fraction of sp³-hybridized carbons (Fsp3) is 0.600. The zero-order valence-corrected chi connectivity index (χ0v) is 10.5. The fourth-order valence-electron chi connectivity index (χ4n) is 1.10. The first-order valence-corrected chi connectivity index (χ1v) is 7.25. The first-order chi connectivity index (χ1) is 6.61. The summed E-state index contributed by atoms with van der Waals surface area (Å²) in [7, 11) is -0.733. The van der Waals surface area contributed by atoms with E-state index in [1.807, 2.05) is 6.92 Å². The molecule has 0 amide bonds. The van der Waals surface area contributed by atoms with E-state index in [9.17, 15) is 4.21 Å². The molecule has 0 unspecified atom stereocenters. The van der Waals surface area contributed by atoms with Gasteiger partial charge in [-0.2, -0.15) is 11.3 Å². The van der Waals surface area contributed by atoms with Crippen molar-refractivity contribution in [3.05, 3.63) is 22.4 Å². The van der Waals surface area contributed by atoms with Crippen molar-refractivity contribution in [2.45, 2.75) is 25.1 Å².